The summed E-state index contributed by atoms with van der Waals surface area (Å²) in [6.45, 7) is 2.03. The topological polar surface area (TPSA) is 35.5 Å². The van der Waals surface area contributed by atoms with Gasteiger partial charge < -0.3 is 9.47 Å². The SMILES string of the molecule is CCOC(=O)C(OC)c1ccc(Cl)cc1Cl. The summed E-state index contributed by atoms with van der Waals surface area (Å²) in [7, 11) is 1.42. The van der Waals surface area contributed by atoms with Crippen molar-refractivity contribution in [3.05, 3.63) is 33.8 Å². The third kappa shape index (κ3) is 3.11. The Morgan fingerprint density at radius 3 is 2.62 bits per heavy atom. The first-order valence-electron chi connectivity index (χ1n) is 4.74. The molecule has 0 spiro atoms. The van der Waals surface area contributed by atoms with Crippen LogP contribution in [0.5, 0.6) is 0 Å². The van der Waals surface area contributed by atoms with Gasteiger partial charge in [-0.2, -0.15) is 0 Å². The van der Waals surface area contributed by atoms with E-state index in [1.54, 1.807) is 25.1 Å². The molecule has 16 heavy (non-hydrogen) atoms. The van der Waals surface area contributed by atoms with Crippen LogP contribution in [-0.4, -0.2) is 19.7 Å². The number of carbonyl (C=O) groups is 1. The molecule has 0 bridgehead atoms. The van der Waals surface area contributed by atoms with Crippen LogP contribution in [0.15, 0.2) is 18.2 Å². The second-order valence-electron chi connectivity index (χ2n) is 3.03. The first kappa shape index (κ1) is 13.3. The van der Waals surface area contributed by atoms with E-state index in [0.29, 0.717) is 22.2 Å². The van der Waals surface area contributed by atoms with Gasteiger partial charge in [-0.1, -0.05) is 29.3 Å². The van der Waals surface area contributed by atoms with Crippen molar-refractivity contribution >= 4 is 29.2 Å². The number of rotatable bonds is 4. The van der Waals surface area contributed by atoms with Crippen LogP contribution in [0.25, 0.3) is 0 Å². The van der Waals surface area contributed by atoms with E-state index in [-0.39, 0.29) is 0 Å². The molecule has 88 valence electrons. The van der Waals surface area contributed by atoms with Gasteiger partial charge in [-0.3, -0.25) is 0 Å². The van der Waals surface area contributed by atoms with Gasteiger partial charge >= 0.3 is 5.97 Å². The average molecular weight is 263 g/mol. The third-order valence-corrected chi connectivity index (χ3v) is 2.54. The van der Waals surface area contributed by atoms with Crippen molar-refractivity contribution in [2.45, 2.75) is 13.0 Å². The Morgan fingerprint density at radius 1 is 1.44 bits per heavy atom. The molecule has 1 rings (SSSR count). The van der Waals surface area contributed by atoms with Gasteiger partial charge in [0.15, 0.2) is 6.10 Å². The number of esters is 1. The van der Waals surface area contributed by atoms with Crippen LogP contribution in [0.3, 0.4) is 0 Å². The maximum Gasteiger partial charge on any atom is 0.339 e. The van der Waals surface area contributed by atoms with Crippen molar-refractivity contribution in [3.63, 3.8) is 0 Å². The Bertz CT molecular complexity index is 379. The van der Waals surface area contributed by atoms with E-state index in [0.717, 1.165) is 0 Å². The van der Waals surface area contributed by atoms with E-state index in [2.05, 4.69) is 0 Å². The Labute approximate surface area is 104 Å². The summed E-state index contributed by atoms with van der Waals surface area (Å²) in [6.07, 6.45) is -0.815. The standard InChI is InChI=1S/C11H12Cl2O3/c1-3-16-11(14)10(15-2)8-5-4-7(12)6-9(8)13/h4-6,10H,3H2,1-2H3. The van der Waals surface area contributed by atoms with Gasteiger partial charge in [0.1, 0.15) is 0 Å². The van der Waals surface area contributed by atoms with Gasteiger partial charge in [-0.05, 0) is 19.1 Å². The van der Waals surface area contributed by atoms with Crippen LogP contribution in [0.4, 0.5) is 0 Å². The molecule has 5 heteroatoms. The molecule has 0 heterocycles. The molecule has 0 aliphatic heterocycles. The Kier molecular flexibility index (Phi) is 5.06. The number of hydrogen-bond acceptors (Lipinski definition) is 3. The molecule has 0 aromatic heterocycles. The summed E-state index contributed by atoms with van der Waals surface area (Å²) in [5, 5.41) is 0.889. The van der Waals surface area contributed by atoms with E-state index < -0.39 is 12.1 Å². The lowest BCUT2D eigenvalue weighted by molar-refractivity contribution is -0.155. The molecule has 1 unspecified atom stereocenters. The largest absolute Gasteiger partial charge is 0.464 e. The summed E-state index contributed by atoms with van der Waals surface area (Å²) in [4.78, 5) is 11.6. The minimum Gasteiger partial charge on any atom is -0.464 e. The normalized spacial score (nSPS) is 12.2. The molecular weight excluding hydrogens is 251 g/mol. The molecule has 0 aliphatic carbocycles. The van der Waals surface area contributed by atoms with Crippen molar-refractivity contribution < 1.29 is 14.3 Å². The third-order valence-electron chi connectivity index (χ3n) is 1.98. The van der Waals surface area contributed by atoms with Crippen LogP contribution in [0.2, 0.25) is 10.0 Å². The van der Waals surface area contributed by atoms with Gasteiger partial charge in [0.25, 0.3) is 0 Å². The smallest absolute Gasteiger partial charge is 0.339 e. The zero-order valence-corrected chi connectivity index (χ0v) is 10.5. The van der Waals surface area contributed by atoms with Gasteiger partial charge in [-0.25, -0.2) is 4.79 Å². The van der Waals surface area contributed by atoms with Crippen molar-refractivity contribution in [3.8, 4) is 0 Å². The number of methoxy groups -OCH3 is 1. The first-order valence-corrected chi connectivity index (χ1v) is 5.50. The first-order chi connectivity index (χ1) is 7.60. The predicted octanol–water partition coefficient (Wildman–Crippen LogP) is 3.24. The average Bonchev–Trinajstić information content (AvgIpc) is 2.22. The van der Waals surface area contributed by atoms with Gasteiger partial charge in [0.05, 0.1) is 6.61 Å². The highest BCUT2D eigenvalue weighted by atomic mass is 35.5. The minimum absolute atomic E-state index is 0.296. The highest BCUT2D eigenvalue weighted by Crippen LogP contribution is 2.28. The van der Waals surface area contributed by atoms with Crippen LogP contribution in [0, 0.1) is 0 Å². The van der Waals surface area contributed by atoms with E-state index in [1.165, 1.54) is 7.11 Å². The number of hydrogen-bond donors (Lipinski definition) is 0. The molecule has 0 fully saturated rings. The fourth-order valence-electron chi connectivity index (χ4n) is 1.28. The van der Waals surface area contributed by atoms with Crippen LogP contribution >= 0.6 is 23.2 Å². The lowest BCUT2D eigenvalue weighted by atomic mass is 10.1. The molecule has 1 atom stereocenters. The van der Waals surface area contributed by atoms with Crippen molar-refractivity contribution in [1.29, 1.82) is 0 Å². The second-order valence-corrected chi connectivity index (χ2v) is 3.88. The van der Waals surface area contributed by atoms with E-state index in [4.69, 9.17) is 32.7 Å². The minimum atomic E-state index is -0.815. The Morgan fingerprint density at radius 2 is 2.12 bits per heavy atom. The molecule has 3 nitrogen and oxygen atoms in total. The van der Waals surface area contributed by atoms with Gasteiger partial charge in [0.2, 0.25) is 0 Å². The monoisotopic (exact) mass is 262 g/mol. The maximum atomic E-state index is 11.6. The molecule has 1 aromatic rings. The summed E-state index contributed by atoms with van der Waals surface area (Å²) < 4.78 is 9.95. The highest BCUT2D eigenvalue weighted by Gasteiger charge is 2.23. The number of carbonyl (C=O) groups excluding carboxylic acids is 1. The van der Waals surface area contributed by atoms with E-state index in [9.17, 15) is 4.79 Å². The van der Waals surface area contributed by atoms with Crippen LogP contribution in [0.1, 0.15) is 18.6 Å². The summed E-state index contributed by atoms with van der Waals surface area (Å²) in [6, 6.07) is 4.85. The molecular formula is C11H12Cl2O3. The molecule has 0 amide bonds. The Hall–Kier alpha value is -0.770. The van der Waals surface area contributed by atoms with Crippen molar-refractivity contribution in [2.75, 3.05) is 13.7 Å². The maximum absolute atomic E-state index is 11.6. The fourth-order valence-corrected chi connectivity index (χ4v) is 1.79. The van der Waals surface area contributed by atoms with E-state index >= 15 is 0 Å². The molecule has 0 saturated carbocycles. The van der Waals surface area contributed by atoms with Crippen LogP contribution < -0.4 is 0 Å². The zero-order chi connectivity index (χ0) is 12.1. The molecule has 0 N–H and O–H groups in total. The summed E-state index contributed by atoms with van der Waals surface area (Å²) in [5.74, 6) is -0.464. The highest BCUT2D eigenvalue weighted by molar-refractivity contribution is 6.35. The lowest BCUT2D eigenvalue weighted by Gasteiger charge is -2.15. The van der Waals surface area contributed by atoms with Crippen molar-refractivity contribution in [2.24, 2.45) is 0 Å². The van der Waals surface area contributed by atoms with Gasteiger partial charge in [-0.15, -0.1) is 0 Å². The van der Waals surface area contributed by atoms with Gasteiger partial charge in [0, 0.05) is 22.7 Å². The second kappa shape index (κ2) is 6.09. The Balaban J connectivity index is 2.99. The summed E-state index contributed by atoms with van der Waals surface area (Å²) in [5.41, 5.74) is 0.548. The molecule has 0 aliphatic rings. The van der Waals surface area contributed by atoms with Crippen LogP contribution in [-0.2, 0) is 14.3 Å². The molecule has 0 saturated heterocycles. The zero-order valence-electron chi connectivity index (χ0n) is 9.00. The van der Waals surface area contributed by atoms with E-state index in [1.807, 2.05) is 0 Å². The van der Waals surface area contributed by atoms with Crippen molar-refractivity contribution in [1.82, 2.24) is 0 Å². The number of benzene rings is 1. The molecule has 1 aromatic carbocycles. The predicted molar refractivity (Wildman–Crippen MR) is 62.8 cm³/mol. The quantitative estimate of drug-likeness (QED) is 0.782. The fraction of sp³-hybridized carbons (Fsp3) is 0.364. The molecule has 0 radical (unpaired) electrons. The summed E-state index contributed by atoms with van der Waals surface area (Å²) >= 11 is 11.7. The lowest BCUT2D eigenvalue weighted by Crippen LogP contribution is -2.18. The number of halogens is 2. The number of ether oxygens (including phenoxy) is 2.